The zero-order valence-electron chi connectivity index (χ0n) is 11.8. The number of alkyl halides is 4. The van der Waals surface area contributed by atoms with Crippen LogP contribution in [0.3, 0.4) is 0 Å². The largest absolute Gasteiger partial charge is 1.00 e. The Hall–Kier alpha value is 0.550. The fraction of sp³-hybridized carbons (Fsp3) is 1.00. The van der Waals surface area contributed by atoms with Gasteiger partial charge < -0.3 is 14.4 Å². The van der Waals surface area contributed by atoms with Crippen LogP contribution in [0, 0.1) is 11.8 Å². The van der Waals surface area contributed by atoms with Crippen LogP contribution in [0.15, 0.2) is 0 Å². The zero-order valence-corrected chi connectivity index (χ0v) is 14.7. The molecule has 11 heteroatoms. The summed E-state index contributed by atoms with van der Waals surface area (Å²) in [6.45, 7) is -0.858. The molecule has 22 heavy (non-hydrogen) atoms. The SMILES string of the molecule is O=S(=O)([O-])C(F)(F)C(F)(F)CCOC1C2CCC(C2)C1O.[Na+]. The minimum absolute atomic E-state index is 0. The zero-order chi connectivity index (χ0) is 16.1. The van der Waals surface area contributed by atoms with E-state index >= 15 is 0 Å². The van der Waals surface area contributed by atoms with Crippen LogP contribution in [0.5, 0.6) is 0 Å². The van der Waals surface area contributed by atoms with E-state index in [1.54, 1.807) is 0 Å². The predicted molar refractivity (Wildman–Crippen MR) is 60.8 cm³/mol. The molecule has 0 aromatic carbocycles. The Morgan fingerprint density at radius 2 is 1.73 bits per heavy atom. The van der Waals surface area contributed by atoms with Crippen molar-refractivity contribution in [3.63, 3.8) is 0 Å². The van der Waals surface area contributed by atoms with E-state index in [0.29, 0.717) is 6.42 Å². The van der Waals surface area contributed by atoms with E-state index in [-0.39, 0.29) is 41.4 Å². The maximum Gasteiger partial charge on any atom is 1.00 e. The summed E-state index contributed by atoms with van der Waals surface area (Å²) in [4.78, 5) is 0. The Morgan fingerprint density at radius 3 is 2.18 bits per heavy atom. The van der Waals surface area contributed by atoms with Crippen molar-refractivity contribution in [2.45, 2.75) is 49.1 Å². The number of fused-ring (bicyclic) bond motifs is 2. The van der Waals surface area contributed by atoms with Gasteiger partial charge in [-0.05, 0) is 31.1 Å². The molecule has 2 fully saturated rings. The second kappa shape index (κ2) is 6.81. The van der Waals surface area contributed by atoms with E-state index in [1.165, 1.54) is 0 Å². The Morgan fingerprint density at radius 1 is 1.18 bits per heavy atom. The van der Waals surface area contributed by atoms with Crippen molar-refractivity contribution in [2.24, 2.45) is 11.8 Å². The van der Waals surface area contributed by atoms with Gasteiger partial charge in [0.25, 0.3) is 0 Å². The number of rotatable bonds is 6. The summed E-state index contributed by atoms with van der Waals surface area (Å²) >= 11 is 0. The van der Waals surface area contributed by atoms with Crippen molar-refractivity contribution < 1.29 is 69.9 Å². The van der Waals surface area contributed by atoms with Gasteiger partial charge in [-0.3, -0.25) is 0 Å². The summed E-state index contributed by atoms with van der Waals surface area (Å²) in [6.07, 6.45) is -0.837. The Bertz CT molecular complexity index is 499. The predicted octanol–water partition coefficient (Wildman–Crippen LogP) is -1.67. The third kappa shape index (κ3) is 3.62. The quantitative estimate of drug-likeness (QED) is 0.349. The number of halogens is 4. The van der Waals surface area contributed by atoms with Gasteiger partial charge >= 0.3 is 40.7 Å². The number of hydrogen-bond donors (Lipinski definition) is 1. The third-order valence-electron chi connectivity index (χ3n) is 4.26. The van der Waals surface area contributed by atoms with Gasteiger partial charge in [0.2, 0.25) is 0 Å². The van der Waals surface area contributed by atoms with Crippen molar-refractivity contribution in [1.82, 2.24) is 0 Å². The topological polar surface area (TPSA) is 86.7 Å². The van der Waals surface area contributed by atoms with Crippen LogP contribution in [-0.2, 0) is 14.9 Å². The van der Waals surface area contributed by atoms with Gasteiger partial charge in [-0.1, -0.05) is 0 Å². The van der Waals surface area contributed by atoms with Gasteiger partial charge in [0.05, 0.1) is 18.8 Å². The molecule has 4 atom stereocenters. The average Bonchev–Trinajstić information content (AvgIpc) is 2.90. The van der Waals surface area contributed by atoms with E-state index < -0.39 is 46.5 Å². The molecule has 124 valence electrons. The van der Waals surface area contributed by atoms with Gasteiger partial charge in [0.15, 0.2) is 10.1 Å². The summed E-state index contributed by atoms with van der Waals surface area (Å²) in [7, 11) is -6.47. The fourth-order valence-corrected chi connectivity index (χ4v) is 3.56. The number of ether oxygens (including phenoxy) is 1. The first kappa shape index (κ1) is 20.6. The molecule has 2 saturated carbocycles. The van der Waals surface area contributed by atoms with Gasteiger partial charge in [-0.2, -0.15) is 17.6 Å². The Balaban J connectivity index is 0.00000242. The van der Waals surface area contributed by atoms with E-state index in [1.807, 2.05) is 0 Å². The van der Waals surface area contributed by atoms with Gasteiger partial charge in [-0.15, -0.1) is 0 Å². The normalized spacial score (nSPS) is 32.1. The summed E-state index contributed by atoms with van der Waals surface area (Å²) in [5.41, 5.74) is 0. The second-order valence-electron chi connectivity index (χ2n) is 5.58. The van der Waals surface area contributed by atoms with Crippen molar-refractivity contribution in [2.75, 3.05) is 6.61 Å². The molecule has 0 amide bonds. The molecule has 2 aliphatic rings. The average molecular weight is 358 g/mol. The molecule has 0 radical (unpaired) electrons. The van der Waals surface area contributed by atoms with E-state index in [0.717, 1.165) is 12.8 Å². The molecular weight excluding hydrogens is 343 g/mol. The van der Waals surface area contributed by atoms with Crippen molar-refractivity contribution in [3.8, 4) is 0 Å². The van der Waals surface area contributed by atoms with E-state index in [9.17, 15) is 35.6 Å². The summed E-state index contributed by atoms with van der Waals surface area (Å²) in [5, 5.41) is 4.11. The van der Waals surface area contributed by atoms with Crippen molar-refractivity contribution in [3.05, 3.63) is 0 Å². The minimum atomic E-state index is -6.47. The van der Waals surface area contributed by atoms with Crippen LogP contribution in [0.1, 0.15) is 25.7 Å². The van der Waals surface area contributed by atoms with Crippen LogP contribution in [0.4, 0.5) is 17.6 Å². The molecule has 1 N–H and O–H groups in total. The van der Waals surface area contributed by atoms with Crippen LogP contribution >= 0.6 is 0 Å². The van der Waals surface area contributed by atoms with Crippen LogP contribution in [0.2, 0.25) is 0 Å². The first-order valence-electron chi connectivity index (χ1n) is 6.48. The smallest absolute Gasteiger partial charge is 0.743 e. The van der Waals surface area contributed by atoms with Crippen molar-refractivity contribution in [1.29, 1.82) is 0 Å². The molecule has 0 aliphatic heterocycles. The Labute approximate surface area is 147 Å². The fourth-order valence-electron chi connectivity index (χ4n) is 3.09. The standard InChI is InChI=1S/C11H16F4O5S.Na/c12-10(13,11(14,15)21(17,18)19)3-4-20-9-7-2-1-6(5-7)8(9)16;/h6-9,16H,1-5H2,(H,17,18,19);/q;+1/p-1. The Kier molecular flexibility index (Phi) is 6.38. The minimum Gasteiger partial charge on any atom is -0.743 e. The van der Waals surface area contributed by atoms with E-state index in [4.69, 9.17) is 4.74 Å². The van der Waals surface area contributed by atoms with Gasteiger partial charge in [0, 0.05) is 6.42 Å². The molecule has 0 spiro atoms. The summed E-state index contributed by atoms with van der Waals surface area (Å²) in [5.74, 6) is -4.98. The number of aliphatic hydroxyl groups excluding tert-OH is 1. The molecule has 0 saturated heterocycles. The number of aliphatic hydroxyl groups is 1. The van der Waals surface area contributed by atoms with Gasteiger partial charge in [-0.25, -0.2) is 8.42 Å². The third-order valence-corrected chi connectivity index (χ3v) is 5.19. The summed E-state index contributed by atoms with van der Waals surface area (Å²) in [6, 6.07) is 0. The summed E-state index contributed by atoms with van der Waals surface area (Å²) < 4.78 is 87.8. The maximum absolute atomic E-state index is 13.2. The van der Waals surface area contributed by atoms with Crippen LogP contribution in [-0.4, -0.2) is 48.1 Å². The second-order valence-corrected chi connectivity index (χ2v) is 7.01. The first-order chi connectivity index (χ1) is 9.47. The molecule has 0 heterocycles. The molecule has 0 aromatic rings. The van der Waals surface area contributed by atoms with Crippen LogP contribution in [0.25, 0.3) is 0 Å². The van der Waals surface area contributed by atoms with Gasteiger partial charge in [0.1, 0.15) is 0 Å². The van der Waals surface area contributed by atoms with E-state index in [2.05, 4.69) is 0 Å². The monoisotopic (exact) mass is 358 g/mol. The molecule has 2 aliphatic carbocycles. The van der Waals surface area contributed by atoms with Crippen LogP contribution < -0.4 is 29.6 Å². The molecule has 2 bridgehead atoms. The first-order valence-corrected chi connectivity index (χ1v) is 7.89. The molecule has 4 unspecified atom stereocenters. The molecule has 0 aromatic heterocycles. The van der Waals surface area contributed by atoms with Crippen molar-refractivity contribution >= 4 is 10.1 Å². The number of hydrogen-bond acceptors (Lipinski definition) is 5. The maximum atomic E-state index is 13.2. The molecule has 5 nitrogen and oxygen atoms in total. The molecule has 2 rings (SSSR count). The molecular formula is C11H15F4NaO5S.